The van der Waals surface area contributed by atoms with E-state index in [1.165, 1.54) is 5.56 Å². The van der Waals surface area contributed by atoms with Crippen LogP contribution in [-0.2, 0) is 12.8 Å². The largest absolute Gasteiger partial charge is 0.370 e. The van der Waals surface area contributed by atoms with Crippen LogP contribution in [0.4, 0.5) is 5.82 Å². The highest BCUT2D eigenvalue weighted by Gasteiger charge is 2.11. The Kier molecular flexibility index (Phi) is 5.47. The van der Waals surface area contributed by atoms with E-state index in [1.54, 1.807) is 6.33 Å². The second-order valence-corrected chi connectivity index (χ2v) is 4.82. The molecule has 2 heterocycles. The first kappa shape index (κ1) is 14.4. The molecule has 0 radical (unpaired) electrons. The monoisotopic (exact) mass is 270 g/mol. The van der Waals surface area contributed by atoms with Crippen LogP contribution in [-0.4, -0.2) is 21.5 Å². The molecule has 0 saturated carbocycles. The average molecular weight is 270 g/mol. The van der Waals surface area contributed by atoms with Gasteiger partial charge in [-0.3, -0.25) is 4.98 Å². The van der Waals surface area contributed by atoms with Crippen LogP contribution < -0.4 is 5.32 Å². The number of rotatable bonds is 7. The second-order valence-electron chi connectivity index (χ2n) is 4.82. The van der Waals surface area contributed by atoms with Crippen molar-refractivity contribution in [1.82, 2.24) is 15.0 Å². The highest BCUT2D eigenvalue weighted by molar-refractivity contribution is 5.46. The van der Waals surface area contributed by atoms with E-state index in [-0.39, 0.29) is 0 Å². The third-order valence-electron chi connectivity index (χ3n) is 3.15. The molecule has 0 unspecified atom stereocenters. The molecule has 2 aromatic rings. The predicted molar refractivity (Wildman–Crippen MR) is 81.9 cm³/mol. The smallest absolute Gasteiger partial charge is 0.132 e. The molecule has 2 rings (SSSR count). The maximum absolute atomic E-state index is 4.47. The Balaban J connectivity index is 2.26. The second kappa shape index (κ2) is 7.58. The topological polar surface area (TPSA) is 50.7 Å². The third-order valence-corrected chi connectivity index (χ3v) is 3.15. The Morgan fingerprint density at radius 1 is 1.05 bits per heavy atom. The van der Waals surface area contributed by atoms with Crippen LogP contribution in [0.15, 0.2) is 30.7 Å². The number of nitrogens with one attached hydrogen (secondary N) is 1. The van der Waals surface area contributed by atoms with Crippen molar-refractivity contribution < 1.29 is 0 Å². The molecule has 106 valence electrons. The SMILES string of the molecule is CCCNc1ncnc(Cc2ccccn2)c1CCC. The van der Waals surface area contributed by atoms with Gasteiger partial charge in [-0.15, -0.1) is 0 Å². The van der Waals surface area contributed by atoms with Crippen molar-refractivity contribution in [2.45, 2.75) is 39.5 Å². The summed E-state index contributed by atoms with van der Waals surface area (Å²) in [4.78, 5) is 13.3. The standard InChI is InChI=1S/C16H22N4/c1-3-7-14-15(11-13-8-5-6-10-17-13)19-12-20-16(14)18-9-4-2/h5-6,8,10,12H,3-4,7,9,11H2,1-2H3,(H,18,19,20). The van der Waals surface area contributed by atoms with Crippen LogP contribution in [0.3, 0.4) is 0 Å². The molecular weight excluding hydrogens is 248 g/mol. The normalized spacial score (nSPS) is 10.5. The molecule has 4 nitrogen and oxygen atoms in total. The molecule has 0 saturated heterocycles. The zero-order valence-electron chi connectivity index (χ0n) is 12.3. The van der Waals surface area contributed by atoms with Gasteiger partial charge in [0, 0.05) is 30.4 Å². The summed E-state index contributed by atoms with van der Waals surface area (Å²) < 4.78 is 0. The number of hydrogen-bond donors (Lipinski definition) is 1. The van der Waals surface area contributed by atoms with Gasteiger partial charge < -0.3 is 5.32 Å². The van der Waals surface area contributed by atoms with Crippen LogP contribution in [0.5, 0.6) is 0 Å². The summed E-state index contributed by atoms with van der Waals surface area (Å²) in [6.07, 6.45) is 7.41. The number of nitrogens with zero attached hydrogens (tertiary/aromatic N) is 3. The fraction of sp³-hybridized carbons (Fsp3) is 0.438. The van der Waals surface area contributed by atoms with Gasteiger partial charge in [0.25, 0.3) is 0 Å². The van der Waals surface area contributed by atoms with Crippen LogP contribution in [0, 0.1) is 0 Å². The molecular formula is C16H22N4. The summed E-state index contributed by atoms with van der Waals surface area (Å²) in [7, 11) is 0. The highest BCUT2D eigenvalue weighted by atomic mass is 15.0. The van der Waals surface area contributed by atoms with Gasteiger partial charge in [-0.05, 0) is 25.0 Å². The van der Waals surface area contributed by atoms with Crippen molar-refractivity contribution in [1.29, 1.82) is 0 Å². The van der Waals surface area contributed by atoms with E-state index in [0.717, 1.165) is 49.4 Å². The maximum atomic E-state index is 4.47. The molecule has 0 aliphatic carbocycles. The lowest BCUT2D eigenvalue weighted by Crippen LogP contribution is -2.10. The molecule has 4 heteroatoms. The van der Waals surface area contributed by atoms with E-state index in [2.05, 4.69) is 34.1 Å². The van der Waals surface area contributed by atoms with Crippen molar-refractivity contribution in [2.24, 2.45) is 0 Å². The summed E-state index contributed by atoms with van der Waals surface area (Å²) in [5.41, 5.74) is 3.36. The fourth-order valence-corrected chi connectivity index (χ4v) is 2.18. The first-order valence-electron chi connectivity index (χ1n) is 7.31. The number of pyridine rings is 1. The summed E-state index contributed by atoms with van der Waals surface area (Å²) in [6.45, 7) is 5.28. The Hall–Kier alpha value is -1.97. The fourth-order valence-electron chi connectivity index (χ4n) is 2.18. The first-order chi connectivity index (χ1) is 9.85. The lowest BCUT2D eigenvalue weighted by atomic mass is 10.0. The average Bonchev–Trinajstić information content (AvgIpc) is 2.49. The Morgan fingerprint density at radius 2 is 1.95 bits per heavy atom. The van der Waals surface area contributed by atoms with E-state index >= 15 is 0 Å². The van der Waals surface area contributed by atoms with E-state index in [9.17, 15) is 0 Å². The molecule has 0 aliphatic rings. The molecule has 0 bridgehead atoms. The third kappa shape index (κ3) is 3.76. The minimum atomic E-state index is 0.763. The maximum Gasteiger partial charge on any atom is 0.132 e. The highest BCUT2D eigenvalue weighted by Crippen LogP contribution is 2.19. The lowest BCUT2D eigenvalue weighted by Gasteiger charge is -2.13. The van der Waals surface area contributed by atoms with E-state index in [4.69, 9.17) is 0 Å². The van der Waals surface area contributed by atoms with Crippen LogP contribution in [0.1, 0.15) is 43.6 Å². The van der Waals surface area contributed by atoms with Crippen molar-refractivity contribution in [3.8, 4) is 0 Å². The summed E-state index contributed by atoms with van der Waals surface area (Å²) in [5, 5.41) is 3.40. The predicted octanol–water partition coefficient (Wildman–Crippen LogP) is 3.24. The van der Waals surface area contributed by atoms with Gasteiger partial charge in [-0.2, -0.15) is 0 Å². The summed E-state index contributed by atoms with van der Waals surface area (Å²) in [6, 6.07) is 5.99. The number of aromatic nitrogens is 3. The molecule has 0 aliphatic heterocycles. The van der Waals surface area contributed by atoms with Gasteiger partial charge >= 0.3 is 0 Å². The van der Waals surface area contributed by atoms with Crippen LogP contribution >= 0.6 is 0 Å². The summed E-state index contributed by atoms with van der Waals surface area (Å²) >= 11 is 0. The number of anilines is 1. The van der Waals surface area contributed by atoms with E-state index in [0.29, 0.717) is 0 Å². The van der Waals surface area contributed by atoms with Crippen LogP contribution in [0.2, 0.25) is 0 Å². The summed E-state index contributed by atoms with van der Waals surface area (Å²) in [5.74, 6) is 0.981. The van der Waals surface area contributed by atoms with E-state index < -0.39 is 0 Å². The molecule has 0 amide bonds. The quantitative estimate of drug-likeness (QED) is 0.839. The number of hydrogen-bond acceptors (Lipinski definition) is 4. The molecule has 0 fully saturated rings. The van der Waals surface area contributed by atoms with Gasteiger partial charge in [-0.25, -0.2) is 9.97 Å². The molecule has 20 heavy (non-hydrogen) atoms. The van der Waals surface area contributed by atoms with Gasteiger partial charge in [0.15, 0.2) is 0 Å². The van der Waals surface area contributed by atoms with Gasteiger partial charge in [-0.1, -0.05) is 26.3 Å². The van der Waals surface area contributed by atoms with Crippen molar-refractivity contribution in [2.75, 3.05) is 11.9 Å². The Morgan fingerprint density at radius 3 is 2.65 bits per heavy atom. The van der Waals surface area contributed by atoms with Gasteiger partial charge in [0.05, 0.1) is 5.69 Å². The Labute approximate surface area is 120 Å². The first-order valence-corrected chi connectivity index (χ1v) is 7.31. The molecule has 0 aromatic carbocycles. The zero-order chi connectivity index (χ0) is 14.2. The van der Waals surface area contributed by atoms with Crippen molar-refractivity contribution in [3.05, 3.63) is 47.7 Å². The van der Waals surface area contributed by atoms with Crippen molar-refractivity contribution >= 4 is 5.82 Å². The van der Waals surface area contributed by atoms with Crippen molar-refractivity contribution in [3.63, 3.8) is 0 Å². The molecule has 0 spiro atoms. The van der Waals surface area contributed by atoms with Crippen LogP contribution in [0.25, 0.3) is 0 Å². The van der Waals surface area contributed by atoms with E-state index in [1.807, 2.05) is 24.4 Å². The van der Waals surface area contributed by atoms with Gasteiger partial charge in [0.2, 0.25) is 0 Å². The molecule has 1 N–H and O–H groups in total. The molecule has 0 atom stereocenters. The minimum absolute atomic E-state index is 0.763. The lowest BCUT2D eigenvalue weighted by molar-refractivity contribution is 0.853. The minimum Gasteiger partial charge on any atom is -0.370 e. The van der Waals surface area contributed by atoms with Gasteiger partial charge in [0.1, 0.15) is 12.1 Å². The Bertz CT molecular complexity index is 525. The molecule has 2 aromatic heterocycles. The zero-order valence-corrected chi connectivity index (χ0v) is 12.3.